The van der Waals surface area contributed by atoms with Gasteiger partial charge in [0.2, 0.25) is 10.0 Å². The van der Waals surface area contributed by atoms with Crippen molar-refractivity contribution in [2.24, 2.45) is 0 Å². The van der Waals surface area contributed by atoms with Gasteiger partial charge in [-0.25, -0.2) is 13.1 Å². The zero-order chi connectivity index (χ0) is 16.5. The van der Waals surface area contributed by atoms with Gasteiger partial charge in [-0.15, -0.1) is 0 Å². The van der Waals surface area contributed by atoms with Crippen LogP contribution in [-0.4, -0.2) is 18.2 Å². The van der Waals surface area contributed by atoms with E-state index >= 15 is 0 Å². The first kappa shape index (κ1) is 16.7. The number of aryl methyl sites for hydroxylation is 3. The number of hydrogen-bond donors (Lipinski definition) is 1. The van der Waals surface area contributed by atoms with Crippen molar-refractivity contribution in [3.63, 3.8) is 0 Å². The third kappa shape index (κ3) is 3.23. The summed E-state index contributed by atoms with van der Waals surface area (Å²) in [6.07, 6.45) is 1.84. The minimum Gasteiger partial charge on any atom is -0.273 e. The van der Waals surface area contributed by atoms with Crippen LogP contribution in [0.3, 0.4) is 0 Å². The van der Waals surface area contributed by atoms with Crippen LogP contribution in [0.2, 0.25) is 0 Å². The maximum Gasteiger partial charge on any atom is 0.241 e. The molecule has 0 amide bonds. The minimum atomic E-state index is -3.56. The molecule has 0 unspecified atom stereocenters. The quantitative estimate of drug-likeness (QED) is 0.920. The molecule has 2 rings (SSSR count). The second-order valence-corrected chi connectivity index (χ2v) is 7.28. The zero-order valence-corrected chi connectivity index (χ0v) is 14.6. The highest BCUT2D eigenvalue weighted by Crippen LogP contribution is 2.25. The molecule has 6 heteroatoms. The van der Waals surface area contributed by atoms with E-state index in [4.69, 9.17) is 0 Å². The molecule has 0 atom stereocenters. The molecule has 0 bridgehead atoms. The maximum absolute atomic E-state index is 12.7. The fourth-order valence-corrected chi connectivity index (χ4v) is 4.11. The monoisotopic (exact) mass is 321 g/mol. The predicted molar refractivity (Wildman–Crippen MR) is 87.3 cm³/mol. The van der Waals surface area contributed by atoms with Crippen LogP contribution in [-0.2, 0) is 23.1 Å². The summed E-state index contributed by atoms with van der Waals surface area (Å²) in [5.41, 5.74) is 4.28. The predicted octanol–water partition coefficient (Wildman–Crippen LogP) is 2.62. The van der Waals surface area contributed by atoms with Crippen LogP contribution in [0.1, 0.15) is 34.9 Å². The molecule has 120 valence electrons. The third-order valence-corrected chi connectivity index (χ3v) is 5.70. The summed E-state index contributed by atoms with van der Waals surface area (Å²) in [5.74, 6) is 0. The smallest absolute Gasteiger partial charge is 0.241 e. The Balaban J connectivity index is 2.31. The van der Waals surface area contributed by atoms with Crippen LogP contribution >= 0.6 is 0 Å². The Bertz CT molecular complexity index is 766. The van der Waals surface area contributed by atoms with E-state index in [9.17, 15) is 8.42 Å². The third-order valence-electron chi connectivity index (χ3n) is 4.03. The number of hydrogen-bond acceptors (Lipinski definition) is 3. The molecule has 1 N–H and O–H groups in total. The van der Waals surface area contributed by atoms with E-state index in [0.29, 0.717) is 10.6 Å². The topological polar surface area (TPSA) is 64.0 Å². The highest BCUT2D eigenvalue weighted by atomic mass is 32.2. The van der Waals surface area contributed by atoms with Gasteiger partial charge in [0, 0.05) is 12.7 Å². The highest BCUT2D eigenvalue weighted by Gasteiger charge is 2.22. The van der Waals surface area contributed by atoms with Crippen molar-refractivity contribution in [2.45, 2.75) is 52.6 Å². The fraction of sp³-hybridized carbons (Fsp3) is 0.438. The number of sulfonamides is 1. The van der Waals surface area contributed by atoms with E-state index in [1.54, 1.807) is 4.68 Å². The first-order valence-electron chi connectivity index (χ1n) is 7.35. The van der Waals surface area contributed by atoms with Gasteiger partial charge in [-0.1, -0.05) is 6.07 Å². The minimum absolute atomic E-state index is 0.196. The van der Waals surface area contributed by atoms with Crippen LogP contribution in [0.15, 0.2) is 23.2 Å². The molecule has 2 aromatic rings. The molecule has 0 radical (unpaired) electrons. The number of rotatable bonds is 5. The summed E-state index contributed by atoms with van der Waals surface area (Å²) in [6.45, 7) is 10.5. The summed E-state index contributed by atoms with van der Waals surface area (Å²) in [4.78, 5) is 0.389. The van der Waals surface area contributed by atoms with Crippen molar-refractivity contribution in [3.05, 3.63) is 46.3 Å². The molecule has 0 saturated carbocycles. The molecule has 22 heavy (non-hydrogen) atoms. The Morgan fingerprint density at radius 1 is 1.14 bits per heavy atom. The Hall–Kier alpha value is -1.66. The second kappa shape index (κ2) is 6.22. The summed E-state index contributed by atoms with van der Waals surface area (Å²) in [6, 6.07) is 3.85. The molecule has 1 heterocycles. The standard InChI is InChI=1S/C16H23N3O2S/c1-6-19-8-7-15(18-19)10-17-22(20,21)16-13(4)11(2)9-12(3)14(16)5/h7-9,17H,6,10H2,1-5H3. The number of benzene rings is 1. The van der Waals surface area contributed by atoms with Gasteiger partial charge in [0.25, 0.3) is 0 Å². The summed E-state index contributed by atoms with van der Waals surface area (Å²) in [5, 5.41) is 4.30. The van der Waals surface area contributed by atoms with Crippen molar-refractivity contribution >= 4 is 10.0 Å². The molecule has 0 aliphatic heterocycles. The van der Waals surface area contributed by atoms with E-state index in [1.165, 1.54) is 0 Å². The van der Waals surface area contributed by atoms with Gasteiger partial charge in [-0.3, -0.25) is 4.68 Å². The Morgan fingerprint density at radius 3 is 2.23 bits per heavy atom. The average Bonchev–Trinajstić information content (AvgIpc) is 2.91. The number of aromatic nitrogens is 2. The van der Waals surface area contributed by atoms with Gasteiger partial charge in [0.05, 0.1) is 17.1 Å². The van der Waals surface area contributed by atoms with Crippen LogP contribution in [0.4, 0.5) is 0 Å². The van der Waals surface area contributed by atoms with Crippen molar-refractivity contribution in [1.82, 2.24) is 14.5 Å². The van der Waals surface area contributed by atoms with Gasteiger partial charge < -0.3 is 0 Å². The van der Waals surface area contributed by atoms with Gasteiger partial charge >= 0.3 is 0 Å². The lowest BCUT2D eigenvalue weighted by atomic mass is 10.0. The van der Waals surface area contributed by atoms with E-state index in [0.717, 1.165) is 28.8 Å². The first-order valence-corrected chi connectivity index (χ1v) is 8.84. The summed E-state index contributed by atoms with van der Waals surface area (Å²) in [7, 11) is -3.56. The van der Waals surface area contributed by atoms with Gasteiger partial charge in [0.1, 0.15) is 0 Å². The molecular formula is C16H23N3O2S. The average molecular weight is 321 g/mol. The van der Waals surface area contributed by atoms with Crippen LogP contribution in [0.25, 0.3) is 0 Å². The fourth-order valence-electron chi connectivity index (χ4n) is 2.50. The number of nitrogens with one attached hydrogen (secondary N) is 1. The lowest BCUT2D eigenvalue weighted by Crippen LogP contribution is -2.25. The Morgan fingerprint density at radius 2 is 1.73 bits per heavy atom. The number of nitrogens with zero attached hydrogens (tertiary/aromatic N) is 2. The maximum atomic E-state index is 12.7. The second-order valence-electron chi connectivity index (χ2n) is 5.58. The van der Waals surface area contributed by atoms with E-state index in [1.807, 2.05) is 52.9 Å². The van der Waals surface area contributed by atoms with Crippen LogP contribution in [0, 0.1) is 27.7 Å². The summed E-state index contributed by atoms with van der Waals surface area (Å²) < 4.78 is 29.8. The molecule has 5 nitrogen and oxygen atoms in total. The lowest BCUT2D eigenvalue weighted by molar-refractivity contribution is 0.576. The highest BCUT2D eigenvalue weighted by molar-refractivity contribution is 7.89. The van der Waals surface area contributed by atoms with Crippen molar-refractivity contribution in [2.75, 3.05) is 0 Å². The van der Waals surface area contributed by atoms with E-state index in [2.05, 4.69) is 9.82 Å². The first-order chi connectivity index (χ1) is 10.3. The van der Waals surface area contributed by atoms with E-state index < -0.39 is 10.0 Å². The van der Waals surface area contributed by atoms with Gasteiger partial charge in [-0.05, 0) is 62.9 Å². The Labute approximate surface area is 132 Å². The molecule has 0 spiro atoms. The molecule has 0 fully saturated rings. The molecular weight excluding hydrogens is 298 g/mol. The molecule has 0 saturated heterocycles. The molecule has 0 aliphatic rings. The van der Waals surface area contributed by atoms with Crippen molar-refractivity contribution in [1.29, 1.82) is 0 Å². The van der Waals surface area contributed by atoms with Crippen molar-refractivity contribution < 1.29 is 8.42 Å². The normalized spacial score (nSPS) is 11.9. The van der Waals surface area contributed by atoms with E-state index in [-0.39, 0.29) is 6.54 Å². The van der Waals surface area contributed by atoms with Gasteiger partial charge in [-0.2, -0.15) is 5.10 Å². The van der Waals surface area contributed by atoms with Crippen molar-refractivity contribution in [3.8, 4) is 0 Å². The molecule has 1 aromatic carbocycles. The zero-order valence-electron chi connectivity index (χ0n) is 13.8. The lowest BCUT2D eigenvalue weighted by Gasteiger charge is -2.15. The van der Waals surface area contributed by atoms with Crippen LogP contribution < -0.4 is 4.72 Å². The SMILES string of the molecule is CCn1ccc(CNS(=O)(=O)c2c(C)c(C)cc(C)c2C)n1. The molecule has 1 aromatic heterocycles. The van der Waals surface area contributed by atoms with Crippen LogP contribution in [0.5, 0.6) is 0 Å². The molecule has 0 aliphatic carbocycles. The summed E-state index contributed by atoms with van der Waals surface area (Å²) >= 11 is 0. The Kier molecular flexibility index (Phi) is 4.72. The largest absolute Gasteiger partial charge is 0.273 e. The van der Waals surface area contributed by atoms with Gasteiger partial charge in [0.15, 0.2) is 0 Å².